The molecule has 0 saturated carbocycles. The van der Waals surface area contributed by atoms with Gasteiger partial charge in [-0.2, -0.15) is 10.2 Å². The van der Waals surface area contributed by atoms with Crippen molar-refractivity contribution < 1.29 is 0 Å². The van der Waals surface area contributed by atoms with E-state index in [9.17, 15) is 0 Å². The van der Waals surface area contributed by atoms with Crippen molar-refractivity contribution in [1.29, 1.82) is 0 Å². The van der Waals surface area contributed by atoms with Gasteiger partial charge in [-0.05, 0) is 24.4 Å². The summed E-state index contributed by atoms with van der Waals surface area (Å²) < 4.78 is 4.04. The quantitative estimate of drug-likeness (QED) is 0.574. The van der Waals surface area contributed by atoms with Crippen molar-refractivity contribution >= 4 is 35.4 Å². The summed E-state index contributed by atoms with van der Waals surface area (Å²) in [5, 5.41) is 11.9. The van der Waals surface area contributed by atoms with Crippen LogP contribution >= 0.6 is 35.4 Å². The second kappa shape index (κ2) is 5.25. The topological polar surface area (TPSA) is 64.3 Å². The Labute approximate surface area is 135 Å². The molecule has 1 N–H and O–H groups in total. The van der Waals surface area contributed by atoms with Crippen molar-refractivity contribution in [2.45, 2.75) is 0 Å². The van der Waals surface area contributed by atoms with Crippen molar-refractivity contribution in [3.63, 3.8) is 0 Å². The first kappa shape index (κ1) is 14.2. The molecule has 0 aliphatic carbocycles. The van der Waals surface area contributed by atoms with E-state index in [2.05, 4.69) is 20.3 Å². The number of aromatic nitrogens is 6. The van der Waals surface area contributed by atoms with E-state index in [4.69, 9.17) is 35.4 Å². The van der Waals surface area contributed by atoms with Gasteiger partial charge in [-0.15, -0.1) is 0 Å². The number of halogens is 2. The van der Waals surface area contributed by atoms with Crippen molar-refractivity contribution in [3.05, 3.63) is 33.4 Å². The monoisotopic (exact) mass is 340 g/mol. The molecule has 3 aromatic rings. The first-order valence-electron chi connectivity index (χ1n) is 5.94. The second-order valence-electron chi connectivity index (χ2n) is 4.44. The van der Waals surface area contributed by atoms with Crippen molar-refractivity contribution in [2.75, 3.05) is 0 Å². The summed E-state index contributed by atoms with van der Waals surface area (Å²) in [6.45, 7) is 0. The van der Waals surface area contributed by atoms with Crippen LogP contribution in [0.5, 0.6) is 0 Å². The minimum Gasteiger partial charge on any atom is -0.303 e. The molecule has 0 spiro atoms. The van der Waals surface area contributed by atoms with Crippen LogP contribution in [0.15, 0.2) is 18.3 Å². The van der Waals surface area contributed by atoms with Gasteiger partial charge in [0.25, 0.3) is 0 Å². The van der Waals surface area contributed by atoms with Crippen LogP contribution < -0.4 is 0 Å². The number of rotatable bonds is 2. The van der Waals surface area contributed by atoms with E-state index in [1.165, 1.54) is 0 Å². The summed E-state index contributed by atoms with van der Waals surface area (Å²) in [6, 6.07) is 3.46. The summed E-state index contributed by atoms with van der Waals surface area (Å²) in [7, 11) is 3.67. The van der Waals surface area contributed by atoms with Gasteiger partial charge in [0, 0.05) is 19.7 Å². The average Bonchev–Trinajstić information content (AvgIpc) is 2.93. The number of aromatic amines is 1. The number of hydrogen-bond acceptors (Lipinski definition) is 4. The first-order valence-corrected chi connectivity index (χ1v) is 7.11. The predicted molar refractivity (Wildman–Crippen MR) is 83.8 cm³/mol. The number of H-pyrrole nitrogens is 1. The van der Waals surface area contributed by atoms with E-state index in [1.54, 1.807) is 27.6 Å². The molecular weight excluding hydrogens is 331 g/mol. The van der Waals surface area contributed by atoms with E-state index in [-0.39, 0.29) is 0 Å². The zero-order chi connectivity index (χ0) is 15.1. The molecule has 108 valence electrons. The molecule has 0 saturated heterocycles. The number of nitrogens with zero attached hydrogens (tertiary/aromatic N) is 5. The van der Waals surface area contributed by atoms with Crippen molar-refractivity contribution in [1.82, 2.24) is 29.5 Å². The highest BCUT2D eigenvalue weighted by Gasteiger charge is 2.18. The Morgan fingerprint density at radius 3 is 2.43 bits per heavy atom. The molecule has 0 unspecified atom stereocenters. The lowest BCUT2D eigenvalue weighted by molar-refractivity contribution is 0.775. The van der Waals surface area contributed by atoms with Gasteiger partial charge in [0.15, 0.2) is 10.6 Å². The molecule has 0 fully saturated rings. The van der Waals surface area contributed by atoms with Gasteiger partial charge in [0.2, 0.25) is 0 Å². The SMILES string of the molecule is Cn1ncc(-c2n[nH]c(=S)n2C)c1-c1cc(Cl)nc(Cl)c1. The number of nitrogens with one attached hydrogen (secondary N) is 1. The molecule has 0 radical (unpaired) electrons. The van der Waals surface area contributed by atoms with Gasteiger partial charge in [0.05, 0.1) is 17.5 Å². The molecule has 9 heteroatoms. The van der Waals surface area contributed by atoms with Crippen LogP contribution in [0.4, 0.5) is 0 Å². The lowest BCUT2D eigenvalue weighted by atomic mass is 10.1. The summed E-state index contributed by atoms with van der Waals surface area (Å²) in [5.74, 6) is 0.687. The smallest absolute Gasteiger partial charge is 0.195 e. The zero-order valence-electron chi connectivity index (χ0n) is 11.1. The molecule has 21 heavy (non-hydrogen) atoms. The van der Waals surface area contributed by atoms with Gasteiger partial charge in [-0.3, -0.25) is 9.78 Å². The maximum atomic E-state index is 5.98. The third-order valence-electron chi connectivity index (χ3n) is 3.10. The maximum Gasteiger partial charge on any atom is 0.195 e. The van der Waals surface area contributed by atoms with Gasteiger partial charge in [0.1, 0.15) is 10.3 Å². The third kappa shape index (κ3) is 2.48. The second-order valence-corrected chi connectivity index (χ2v) is 5.60. The van der Waals surface area contributed by atoms with Crippen molar-refractivity contribution in [2.24, 2.45) is 14.1 Å². The largest absolute Gasteiger partial charge is 0.303 e. The average molecular weight is 341 g/mol. The zero-order valence-corrected chi connectivity index (χ0v) is 13.5. The first-order chi connectivity index (χ1) is 9.97. The Morgan fingerprint density at radius 2 is 1.86 bits per heavy atom. The molecule has 3 aromatic heterocycles. The van der Waals surface area contributed by atoms with Crippen LogP contribution in [0, 0.1) is 4.77 Å². The molecule has 0 atom stereocenters. The van der Waals surface area contributed by atoms with Gasteiger partial charge in [-0.1, -0.05) is 23.2 Å². The Kier molecular flexibility index (Phi) is 3.56. The standard InChI is InChI=1S/C12H10Cl2N6S/c1-19-11(17-18-12(19)21)7-5-15-20(2)10(7)6-3-8(13)16-9(14)4-6/h3-5H,1-2H3,(H,18,21). The summed E-state index contributed by atoms with van der Waals surface area (Å²) >= 11 is 17.1. The molecule has 0 aliphatic heterocycles. The minimum absolute atomic E-state index is 0.319. The predicted octanol–water partition coefficient (Wildman–Crippen LogP) is 3.25. The van der Waals surface area contributed by atoms with Crippen LogP contribution in [0.2, 0.25) is 10.3 Å². The Balaban J connectivity index is 2.27. The van der Waals surface area contributed by atoms with E-state index < -0.39 is 0 Å². The van der Waals surface area contributed by atoms with Crippen LogP contribution in [0.25, 0.3) is 22.6 Å². The fraction of sp³-hybridized carbons (Fsp3) is 0.167. The fourth-order valence-electron chi connectivity index (χ4n) is 2.13. The minimum atomic E-state index is 0.319. The lowest BCUT2D eigenvalue weighted by Crippen LogP contribution is -1.98. The molecule has 0 aliphatic rings. The number of aryl methyl sites for hydroxylation is 1. The van der Waals surface area contributed by atoms with Gasteiger partial charge >= 0.3 is 0 Å². The molecular formula is C12H10Cl2N6S. The molecule has 0 amide bonds. The summed E-state index contributed by atoms with van der Waals surface area (Å²) in [5.41, 5.74) is 2.47. The van der Waals surface area contributed by atoms with Gasteiger partial charge in [-0.25, -0.2) is 4.98 Å². The van der Waals surface area contributed by atoms with E-state index in [0.29, 0.717) is 20.9 Å². The summed E-state index contributed by atoms with van der Waals surface area (Å²) in [6.07, 6.45) is 1.72. The maximum absolute atomic E-state index is 5.98. The Hall–Kier alpha value is -1.70. The van der Waals surface area contributed by atoms with Crippen LogP contribution in [0.3, 0.4) is 0 Å². The lowest BCUT2D eigenvalue weighted by Gasteiger charge is -2.07. The Morgan fingerprint density at radius 1 is 1.19 bits per heavy atom. The van der Waals surface area contributed by atoms with E-state index in [1.807, 2.05) is 14.1 Å². The van der Waals surface area contributed by atoms with Crippen LogP contribution in [0.1, 0.15) is 0 Å². The highest BCUT2D eigenvalue weighted by atomic mass is 35.5. The molecule has 3 heterocycles. The molecule has 0 aromatic carbocycles. The number of pyridine rings is 1. The van der Waals surface area contributed by atoms with Crippen LogP contribution in [-0.2, 0) is 14.1 Å². The highest BCUT2D eigenvalue weighted by Crippen LogP contribution is 2.32. The highest BCUT2D eigenvalue weighted by molar-refractivity contribution is 7.71. The van der Waals surface area contributed by atoms with Crippen LogP contribution in [-0.4, -0.2) is 29.5 Å². The normalized spacial score (nSPS) is 11.0. The third-order valence-corrected chi connectivity index (χ3v) is 3.85. The summed E-state index contributed by atoms with van der Waals surface area (Å²) in [4.78, 5) is 3.96. The van der Waals surface area contributed by atoms with E-state index >= 15 is 0 Å². The molecule has 6 nitrogen and oxygen atoms in total. The Bertz CT molecular complexity index is 858. The van der Waals surface area contributed by atoms with Crippen molar-refractivity contribution in [3.8, 4) is 22.6 Å². The van der Waals surface area contributed by atoms with Gasteiger partial charge < -0.3 is 4.57 Å². The van der Waals surface area contributed by atoms with E-state index in [0.717, 1.165) is 16.8 Å². The molecule has 3 rings (SSSR count). The fourth-order valence-corrected chi connectivity index (χ4v) is 2.73. The number of hydrogen-bond donors (Lipinski definition) is 1. The molecule has 0 bridgehead atoms.